The number of aromatic nitrogens is 2. The number of fused-ring (bicyclic) bond motifs is 1. The van der Waals surface area contributed by atoms with Crippen molar-refractivity contribution in [2.45, 2.75) is 19.8 Å². The Balaban J connectivity index is 2.50. The van der Waals surface area contributed by atoms with Crippen molar-refractivity contribution in [1.29, 1.82) is 0 Å². The number of aryl methyl sites for hydroxylation is 1. The van der Waals surface area contributed by atoms with Crippen LogP contribution < -0.4 is 0 Å². The van der Waals surface area contributed by atoms with Crippen molar-refractivity contribution in [1.82, 2.24) is 9.61 Å². The second-order valence-corrected chi connectivity index (χ2v) is 3.68. The molecule has 4 heteroatoms. The van der Waals surface area contributed by atoms with Crippen molar-refractivity contribution in [3.8, 4) is 0 Å². The number of carboxylic acids is 1. The quantitative estimate of drug-likeness (QED) is 0.811. The van der Waals surface area contributed by atoms with Crippen LogP contribution in [0.1, 0.15) is 24.1 Å². The lowest BCUT2D eigenvalue weighted by Gasteiger charge is -2.06. The van der Waals surface area contributed by atoms with Crippen LogP contribution in [0.4, 0.5) is 0 Å². The molecule has 0 radical (unpaired) electrons. The molecule has 4 nitrogen and oxygen atoms in total. The Kier molecular flexibility index (Phi) is 2.19. The van der Waals surface area contributed by atoms with E-state index in [2.05, 4.69) is 5.10 Å². The fourth-order valence-corrected chi connectivity index (χ4v) is 1.55. The van der Waals surface area contributed by atoms with E-state index in [9.17, 15) is 4.79 Å². The van der Waals surface area contributed by atoms with Crippen molar-refractivity contribution in [3.05, 3.63) is 35.7 Å². The normalized spacial score (nSPS) is 12.9. The molecule has 2 aromatic rings. The molecule has 2 heterocycles. The summed E-state index contributed by atoms with van der Waals surface area (Å²) in [6.45, 7) is 3.59. The van der Waals surface area contributed by atoms with Crippen LogP contribution in [0.5, 0.6) is 0 Å². The number of nitrogens with zero attached hydrogens (tertiary/aromatic N) is 2. The van der Waals surface area contributed by atoms with Gasteiger partial charge in [-0.1, -0.05) is 0 Å². The third-order valence-electron chi connectivity index (χ3n) is 2.48. The molecule has 0 bridgehead atoms. The van der Waals surface area contributed by atoms with Gasteiger partial charge < -0.3 is 5.11 Å². The van der Waals surface area contributed by atoms with Crippen molar-refractivity contribution >= 4 is 11.5 Å². The van der Waals surface area contributed by atoms with Crippen molar-refractivity contribution in [2.75, 3.05) is 0 Å². The van der Waals surface area contributed by atoms with Gasteiger partial charge in [0.2, 0.25) is 0 Å². The molecule has 0 aliphatic carbocycles. The zero-order valence-electron chi connectivity index (χ0n) is 8.64. The first kappa shape index (κ1) is 9.71. The lowest BCUT2D eigenvalue weighted by Crippen LogP contribution is -2.07. The van der Waals surface area contributed by atoms with Crippen LogP contribution in [-0.2, 0) is 4.79 Å². The second kappa shape index (κ2) is 3.38. The number of carbonyl (C=O) groups is 1. The molecular weight excluding hydrogens is 192 g/mol. The van der Waals surface area contributed by atoms with Crippen LogP contribution in [-0.4, -0.2) is 20.7 Å². The summed E-state index contributed by atoms with van der Waals surface area (Å²) in [5.74, 6) is -1.29. The molecule has 2 aromatic heterocycles. The number of carboxylic acid groups (broad SMARTS) is 1. The molecule has 0 aromatic carbocycles. The van der Waals surface area contributed by atoms with Gasteiger partial charge in [-0.15, -0.1) is 0 Å². The van der Waals surface area contributed by atoms with Crippen molar-refractivity contribution in [3.63, 3.8) is 0 Å². The van der Waals surface area contributed by atoms with Gasteiger partial charge in [0.1, 0.15) is 0 Å². The van der Waals surface area contributed by atoms with Gasteiger partial charge in [-0.05, 0) is 37.6 Å². The minimum atomic E-state index is -0.810. The average Bonchev–Trinajstić information content (AvgIpc) is 2.55. The van der Waals surface area contributed by atoms with E-state index in [1.165, 1.54) is 0 Å². The predicted octanol–water partition coefficient (Wildman–Crippen LogP) is 1.83. The number of rotatable bonds is 2. The highest BCUT2D eigenvalue weighted by Gasteiger charge is 2.13. The largest absolute Gasteiger partial charge is 0.481 e. The first-order valence-corrected chi connectivity index (χ1v) is 4.76. The van der Waals surface area contributed by atoms with Gasteiger partial charge in [-0.2, -0.15) is 5.10 Å². The van der Waals surface area contributed by atoms with Gasteiger partial charge in [-0.3, -0.25) is 4.79 Å². The lowest BCUT2D eigenvalue weighted by atomic mass is 10.0. The Labute approximate surface area is 87.2 Å². The summed E-state index contributed by atoms with van der Waals surface area (Å²) in [5, 5.41) is 13.1. The third-order valence-corrected chi connectivity index (χ3v) is 2.48. The van der Waals surface area contributed by atoms with Gasteiger partial charge in [0.05, 0.1) is 17.1 Å². The van der Waals surface area contributed by atoms with E-state index in [-0.39, 0.29) is 0 Å². The van der Waals surface area contributed by atoms with Crippen LogP contribution in [0.2, 0.25) is 0 Å². The van der Waals surface area contributed by atoms with Crippen LogP contribution in [0.3, 0.4) is 0 Å². The molecular formula is C11H12N2O2. The molecule has 1 atom stereocenters. The molecule has 0 aliphatic heterocycles. The molecule has 78 valence electrons. The fourth-order valence-electron chi connectivity index (χ4n) is 1.55. The first-order valence-electron chi connectivity index (χ1n) is 4.76. The highest BCUT2D eigenvalue weighted by Crippen LogP contribution is 2.17. The Morgan fingerprint density at radius 2 is 2.27 bits per heavy atom. The van der Waals surface area contributed by atoms with E-state index < -0.39 is 11.9 Å². The Morgan fingerprint density at radius 1 is 1.53 bits per heavy atom. The maximum atomic E-state index is 10.8. The van der Waals surface area contributed by atoms with Gasteiger partial charge in [0.25, 0.3) is 0 Å². The maximum absolute atomic E-state index is 10.8. The summed E-state index contributed by atoms with van der Waals surface area (Å²) in [6, 6.07) is 5.58. The zero-order valence-corrected chi connectivity index (χ0v) is 8.64. The summed E-state index contributed by atoms with van der Waals surface area (Å²) < 4.78 is 1.74. The Morgan fingerprint density at radius 3 is 2.93 bits per heavy atom. The SMILES string of the molecule is Cc1cc2cc(C(C)C(=O)O)ccn2n1. The molecule has 1 N–H and O–H groups in total. The molecule has 1 unspecified atom stereocenters. The molecule has 0 saturated carbocycles. The number of pyridine rings is 1. The zero-order chi connectivity index (χ0) is 11.0. The Bertz CT molecular complexity index is 516. The van der Waals surface area contributed by atoms with Crippen LogP contribution >= 0.6 is 0 Å². The van der Waals surface area contributed by atoms with E-state index in [1.807, 2.05) is 19.1 Å². The molecule has 2 rings (SSSR count). The Hall–Kier alpha value is -1.84. The minimum absolute atomic E-state index is 0.481. The fraction of sp³-hybridized carbons (Fsp3) is 0.273. The van der Waals surface area contributed by atoms with E-state index in [0.717, 1.165) is 16.8 Å². The highest BCUT2D eigenvalue weighted by atomic mass is 16.4. The summed E-state index contributed by atoms with van der Waals surface area (Å²) in [6.07, 6.45) is 1.79. The topological polar surface area (TPSA) is 54.6 Å². The van der Waals surface area contributed by atoms with Gasteiger partial charge >= 0.3 is 5.97 Å². The summed E-state index contributed by atoms with van der Waals surface area (Å²) in [7, 11) is 0. The van der Waals surface area contributed by atoms with E-state index in [4.69, 9.17) is 5.11 Å². The van der Waals surface area contributed by atoms with Crippen LogP contribution in [0, 0.1) is 6.92 Å². The molecule has 0 aliphatic rings. The van der Waals surface area contributed by atoms with Crippen LogP contribution in [0.25, 0.3) is 5.52 Å². The second-order valence-electron chi connectivity index (χ2n) is 3.68. The predicted molar refractivity (Wildman–Crippen MR) is 56.0 cm³/mol. The number of hydrogen-bond donors (Lipinski definition) is 1. The molecule has 0 spiro atoms. The lowest BCUT2D eigenvalue weighted by molar-refractivity contribution is -0.138. The third kappa shape index (κ3) is 1.70. The standard InChI is InChI=1S/C11H12N2O2/c1-7-5-10-6-9(8(2)11(14)15)3-4-13(10)12-7/h3-6,8H,1-2H3,(H,14,15). The van der Waals surface area contributed by atoms with E-state index in [1.54, 1.807) is 23.7 Å². The average molecular weight is 204 g/mol. The van der Waals surface area contributed by atoms with Crippen LogP contribution in [0.15, 0.2) is 24.4 Å². The van der Waals surface area contributed by atoms with Crippen molar-refractivity contribution in [2.24, 2.45) is 0 Å². The molecule has 15 heavy (non-hydrogen) atoms. The smallest absolute Gasteiger partial charge is 0.310 e. The molecule has 0 saturated heterocycles. The maximum Gasteiger partial charge on any atom is 0.310 e. The van der Waals surface area contributed by atoms with Gasteiger partial charge in [0, 0.05) is 6.20 Å². The summed E-state index contributed by atoms with van der Waals surface area (Å²) in [4.78, 5) is 10.8. The van der Waals surface area contributed by atoms with Gasteiger partial charge in [0.15, 0.2) is 0 Å². The molecule has 0 fully saturated rings. The number of aliphatic carboxylic acids is 1. The highest BCUT2D eigenvalue weighted by molar-refractivity contribution is 5.76. The molecule has 0 amide bonds. The number of hydrogen-bond acceptors (Lipinski definition) is 2. The van der Waals surface area contributed by atoms with Crippen molar-refractivity contribution < 1.29 is 9.90 Å². The van der Waals surface area contributed by atoms with E-state index >= 15 is 0 Å². The minimum Gasteiger partial charge on any atom is -0.481 e. The monoisotopic (exact) mass is 204 g/mol. The summed E-state index contributed by atoms with van der Waals surface area (Å²) >= 11 is 0. The van der Waals surface area contributed by atoms with E-state index in [0.29, 0.717) is 0 Å². The van der Waals surface area contributed by atoms with Gasteiger partial charge in [-0.25, -0.2) is 4.52 Å². The first-order chi connectivity index (χ1) is 7.08. The summed E-state index contributed by atoms with van der Waals surface area (Å²) in [5.41, 5.74) is 2.66.